The third-order valence-electron chi connectivity index (χ3n) is 4.49. The number of halogens is 2. The number of hydrogen-bond donors (Lipinski definition) is 1. The molecular weight excluding hydrogens is 357 g/mol. The van der Waals surface area contributed by atoms with Crippen molar-refractivity contribution >= 4 is 29.2 Å². The van der Waals surface area contributed by atoms with Gasteiger partial charge in [0.25, 0.3) is 5.91 Å². The molecule has 2 heterocycles. The third-order valence-corrected chi connectivity index (χ3v) is 4.49. The average Bonchev–Trinajstić information content (AvgIpc) is 3.05. The molecule has 3 aromatic rings. The first-order valence-corrected chi connectivity index (χ1v) is 8.30. The van der Waals surface area contributed by atoms with Gasteiger partial charge in [-0.2, -0.15) is 0 Å². The van der Waals surface area contributed by atoms with E-state index in [-0.39, 0.29) is 30.2 Å². The summed E-state index contributed by atoms with van der Waals surface area (Å²) in [7, 11) is 0. The van der Waals surface area contributed by atoms with Crippen molar-refractivity contribution in [2.24, 2.45) is 0 Å². The second-order valence-electron chi connectivity index (χ2n) is 6.36. The van der Waals surface area contributed by atoms with Crippen LogP contribution >= 0.6 is 12.4 Å². The number of piperazine rings is 1. The molecule has 1 amide bonds. The maximum Gasteiger partial charge on any atom is 0.253 e. The average molecular weight is 376 g/mol. The first kappa shape index (κ1) is 18.4. The molecule has 1 aliphatic rings. The number of carbonyl (C=O) groups is 1. The van der Waals surface area contributed by atoms with Gasteiger partial charge >= 0.3 is 0 Å². The van der Waals surface area contributed by atoms with Crippen LogP contribution in [0.3, 0.4) is 0 Å². The Morgan fingerprint density at radius 2 is 2.04 bits per heavy atom. The number of benzene rings is 2. The smallest absolute Gasteiger partial charge is 0.253 e. The van der Waals surface area contributed by atoms with Gasteiger partial charge in [-0.3, -0.25) is 4.79 Å². The summed E-state index contributed by atoms with van der Waals surface area (Å²) in [5.41, 5.74) is 2.00. The normalized spacial score (nSPS) is 17.2. The minimum Gasteiger partial charge on any atom is -0.355 e. The topological polar surface area (TPSA) is 58.4 Å². The van der Waals surface area contributed by atoms with Crippen molar-refractivity contribution in [2.45, 2.75) is 13.0 Å². The summed E-state index contributed by atoms with van der Waals surface area (Å²) >= 11 is 0. The predicted octanol–water partition coefficient (Wildman–Crippen LogP) is 3.49. The fourth-order valence-electron chi connectivity index (χ4n) is 3.18. The third kappa shape index (κ3) is 3.43. The fourth-order valence-corrected chi connectivity index (χ4v) is 3.18. The second-order valence-corrected chi connectivity index (χ2v) is 6.36. The van der Waals surface area contributed by atoms with E-state index in [9.17, 15) is 9.18 Å². The van der Waals surface area contributed by atoms with Gasteiger partial charge in [-0.1, -0.05) is 5.16 Å². The number of rotatable bonds is 2. The highest BCUT2D eigenvalue weighted by Crippen LogP contribution is 2.29. The monoisotopic (exact) mass is 375 g/mol. The Bertz CT molecular complexity index is 926. The Balaban J connectivity index is 0.00000196. The Hall–Kier alpha value is -2.44. The van der Waals surface area contributed by atoms with E-state index in [0.717, 1.165) is 17.5 Å². The van der Waals surface area contributed by atoms with Crippen molar-refractivity contribution in [1.82, 2.24) is 15.4 Å². The first-order valence-electron chi connectivity index (χ1n) is 8.30. The number of carbonyl (C=O) groups excluding carboxylic acids is 1. The lowest BCUT2D eigenvalue weighted by molar-refractivity contribution is 0.0709. The van der Waals surface area contributed by atoms with Gasteiger partial charge in [0.1, 0.15) is 11.3 Å². The summed E-state index contributed by atoms with van der Waals surface area (Å²) in [5.74, 6) is 0.233. The number of fused-ring (bicyclic) bond motifs is 1. The Morgan fingerprint density at radius 3 is 2.77 bits per heavy atom. The molecule has 0 spiro atoms. The van der Waals surface area contributed by atoms with Crippen LogP contribution < -0.4 is 5.32 Å². The molecule has 136 valence electrons. The van der Waals surface area contributed by atoms with Crippen LogP contribution in [0.5, 0.6) is 0 Å². The number of hydrogen-bond acceptors (Lipinski definition) is 4. The largest absolute Gasteiger partial charge is 0.355 e. The number of amides is 1. The SMILES string of the molecule is C[C@@H]1CN(C(=O)c2ccc3noc(-c4ccc(F)cc4)c3c2)CCN1.Cl. The van der Waals surface area contributed by atoms with Crippen LogP contribution in [0.2, 0.25) is 0 Å². The van der Waals surface area contributed by atoms with Crippen molar-refractivity contribution < 1.29 is 13.7 Å². The lowest BCUT2D eigenvalue weighted by Gasteiger charge is -2.32. The van der Waals surface area contributed by atoms with Crippen molar-refractivity contribution in [3.05, 3.63) is 53.8 Å². The van der Waals surface area contributed by atoms with Crippen molar-refractivity contribution in [3.63, 3.8) is 0 Å². The van der Waals surface area contributed by atoms with E-state index in [4.69, 9.17) is 4.52 Å². The molecule has 1 aromatic heterocycles. The lowest BCUT2D eigenvalue weighted by Crippen LogP contribution is -2.51. The van der Waals surface area contributed by atoms with Gasteiger partial charge in [0.15, 0.2) is 5.76 Å². The van der Waals surface area contributed by atoms with E-state index < -0.39 is 0 Å². The van der Waals surface area contributed by atoms with Crippen LogP contribution in [-0.2, 0) is 0 Å². The minimum absolute atomic E-state index is 0. The highest BCUT2D eigenvalue weighted by Gasteiger charge is 2.22. The minimum atomic E-state index is -0.309. The highest BCUT2D eigenvalue weighted by atomic mass is 35.5. The maximum atomic E-state index is 13.1. The van der Waals surface area contributed by atoms with Crippen LogP contribution in [0.25, 0.3) is 22.2 Å². The van der Waals surface area contributed by atoms with Crippen LogP contribution in [0, 0.1) is 5.82 Å². The van der Waals surface area contributed by atoms with Crippen molar-refractivity contribution in [2.75, 3.05) is 19.6 Å². The van der Waals surface area contributed by atoms with Crippen molar-refractivity contribution in [3.8, 4) is 11.3 Å². The van der Waals surface area contributed by atoms with E-state index in [2.05, 4.69) is 17.4 Å². The summed E-state index contributed by atoms with van der Waals surface area (Å²) in [6, 6.07) is 11.7. The predicted molar refractivity (Wildman–Crippen MR) is 100 cm³/mol. The van der Waals surface area contributed by atoms with E-state index in [1.165, 1.54) is 12.1 Å². The number of nitrogens with zero attached hydrogens (tertiary/aromatic N) is 2. The van der Waals surface area contributed by atoms with Gasteiger partial charge in [0, 0.05) is 36.8 Å². The van der Waals surface area contributed by atoms with Gasteiger partial charge in [-0.05, 0) is 49.4 Å². The Morgan fingerprint density at radius 1 is 1.27 bits per heavy atom. The molecule has 2 aromatic carbocycles. The van der Waals surface area contributed by atoms with Crippen LogP contribution in [0.15, 0.2) is 47.0 Å². The summed E-state index contributed by atoms with van der Waals surface area (Å²) in [6.45, 7) is 4.24. The summed E-state index contributed by atoms with van der Waals surface area (Å²) in [4.78, 5) is 14.7. The molecule has 0 unspecified atom stereocenters. The van der Waals surface area contributed by atoms with E-state index in [0.29, 0.717) is 29.9 Å². The Kier molecular flexibility index (Phi) is 5.25. The van der Waals surface area contributed by atoms with Gasteiger partial charge in [0.2, 0.25) is 0 Å². The number of nitrogens with one attached hydrogen (secondary N) is 1. The molecule has 1 N–H and O–H groups in total. The molecule has 4 rings (SSSR count). The van der Waals surface area contributed by atoms with Crippen LogP contribution in [0.1, 0.15) is 17.3 Å². The summed E-state index contributed by atoms with van der Waals surface area (Å²) < 4.78 is 18.6. The molecule has 1 atom stereocenters. The van der Waals surface area contributed by atoms with E-state index >= 15 is 0 Å². The van der Waals surface area contributed by atoms with Crippen LogP contribution in [0.4, 0.5) is 4.39 Å². The highest BCUT2D eigenvalue weighted by molar-refractivity contribution is 6.01. The lowest BCUT2D eigenvalue weighted by atomic mass is 10.1. The molecule has 0 saturated carbocycles. The zero-order valence-electron chi connectivity index (χ0n) is 14.2. The standard InChI is InChI=1S/C19H18FN3O2.ClH/c1-12-11-23(9-8-21-12)19(24)14-4-7-17-16(10-14)18(25-22-17)13-2-5-15(20)6-3-13;/h2-7,10,12,21H,8-9,11H2,1H3;1H/t12-;/m1./s1. The van der Waals surface area contributed by atoms with E-state index in [1.807, 2.05) is 4.90 Å². The summed E-state index contributed by atoms with van der Waals surface area (Å²) in [5, 5.41) is 8.12. The van der Waals surface area contributed by atoms with Gasteiger partial charge in [-0.25, -0.2) is 4.39 Å². The van der Waals surface area contributed by atoms with Gasteiger partial charge in [-0.15, -0.1) is 12.4 Å². The molecule has 0 radical (unpaired) electrons. The molecule has 7 heteroatoms. The van der Waals surface area contributed by atoms with E-state index in [1.54, 1.807) is 30.3 Å². The molecule has 26 heavy (non-hydrogen) atoms. The molecule has 0 bridgehead atoms. The van der Waals surface area contributed by atoms with Gasteiger partial charge in [0.05, 0.1) is 5.39 Å². The second kappa shape index (κ2) is 7.43. The molecular formula is C19H19ClFN3O2. The number of aromatic nitrogens is 1. The van der Waals surface area contributed by atoms with Crippen LogP contribution in [-0.4, -0.2) is 41.6 Å². The van der Waals surface area contributed by atoms with Crippen molar-refractivity contribution in [1.29, 1.82) is 0 Å². The molecule has 1 fully saturated rings. The zero-order valence-corrected chi connectivity index (χ0v) is 15.1. The zero-order chi connectivity index (χ0) is 17.4. The maximum absolute atomic E-state index is 13.1. The summed E-state index contributed by atoms with van der Waals surface area (Å²) in [6.07, 6.45) is 0. The fraction of sp³-hybridized carbons (Fsp3) is 0.263. The molecule has 0 aliphatic carbocycles. The molecule has 5 nitrogen and oxygen atoms in total. The Labute approximate surface area is 156 Å². The molecule has 1 saturated heterocycles. The van der Waals surface area contributed by atoms with Gasteiger partial charge < -0.3 is 14.7 Å². The first-order chi connectivity index (χ1) is 12.1. The quantitative estimate of drug-likeness (QED) is 0.745. The molecule has 1 aliphatic heterocycles.